The predicted octanol–water partition coefficient (Wildman–Crippen LogP) is 3.21. The van der Waals surface area contributed by atoms with Gasteiger partial charge in [-0.15, -0.1) is 0 Å². The van der Waals surface area contributed by atoms with Crippen LogP contribution in [-0.4, -0.2) is 51.8 Å². The maximum Gasteiger partial charge on any atom is 0.416 e. The molecule has 4 aliphatic heterocycles. The lowest BCUT2D eigenvalue weighted by molar-refractivity contribution is -0.137. The second-order valence-electron chi connectivity index (χ2n) is 9.38. The van der Waals surface area contributed by atoms with Crippen molar-refractivity contribution < 1.29 is 33.0 Å². The Kier molecular flexibility index (Phi) is 4.83. The normalized spacial score (nSPS) is 33.9. The summed E-state index contributed by atoms with van der Waals surface area (Å²) in [5, 5.41) is 24.9. The Balaban J connectivity index is 1.56. The molecule has 3 fully saturated rings. The van der Waals surface area contributed by atoms with E-state index in [9.17, 15) is 33.0 Å². The Morgan fingerprint density at radius 3 is 2.37 bits per heavy atom. The average Bonchev–Trinajstić information content (AvgIpc) is 3.41. The van der Waals surface area contributed by atoms with E-state index < -0.39 is 59.3 Å². The summed E-state index contributed by atoms with van der Waals surface area (Å²) >= 11 is 12.2. The van der Waals surface area contributed by atoms with Gasteiger partial charge < -0.3 is 15.5 Å². The Morgan fingerprint density at radius 1 is 1.03 bits per heavy atom. The van der Waals surface area contributed by atoms with E-state index in [-0.39, 0.29) is 39.9 Å². The van der Waals surface area contributed by atoms with Gasteiger partial charge >= 0.3 is 6.18 Å². The first kappa shape index (κ1) is 23.1. The predicted molar refractivity (Wildman–Crippen MR) is 120 cm³/mol. The van der Waals surface area contributed by atoms with Crippen LogP contribution in [0.2, 0.25) is 10.0 Å². The minimum absolute atomic E-state index is 0.00432. The van der Waals surface area contributed by atoms with Gasteiger partial charge in [-0.1, -0.05) is 23.2 Å². The molecule has 5 unspecified atom stereocenters. The second kappa shape index (κ2) is 7.33. The van der Waals surface area contributed by atoms with Gasteiger partial charge in [0.05, 0.1) is 29.2 Å². The molecule has 0 saturated carbocycles. The standard InChI is InChI=1S/C23H18Cl2F3N3O4/c24-10-4-11(25)6-12(5-10)31-19(33)17-16-7-13(32)8-30(16)22(18(17)20(31)34)14-3-9(23(26,27)28)1-2-15(14)29-21(22)35/h1-6,13,16-18,21,29,32,35H,7-8H2/t13-,16?,17?,18?,21?,22?/m0/s1. The monoisotopic (exact) mass is 527 g/mol. The summed E-state index contributed by atoms with van der Waals surface area (Å²) in [4.78, 5) is 30.2. The first-order valence-electron chi connectivity index (χ1n) is 10.9. The summed E-state index contributed by atoms with van der Waals surface area (Å²) in [5.41, 5.74) is -2.19. The topological polar surface area (TPSA) is 93.1 Å². The highest BCUT2D eigenvalue weighted by Gasteiger charge is 2.75. The zero-order valence-corrected chi connectivity index (χ0v) is 19.3. The maximum atomic E-state index is 13.9. The highest BCUT2D eigenvalue weighted by atomic mass is 35.5. The molecule has 3 saturated heterocycles. The third-order valence-corrected chi connectivity index (χ3v) is 8.07. The molecule has 7 nitrogen and oxygen atoms in total. The third kappa shape index (κ3) is 2.97. The number of amides is 2. The molecule has 2 aromatic rings. The van der Waals surface area contributed by atoms with Gasteiger partial charge in [0.1, 0.15) is 11.8 Å². The number of aliphatic hydroxyl groups excluding tert-OH is 2. The zero-order chi connectivity index (χ0) is 25.0. The number of hydrogen-bond donors (Lipinski definition) is 3. The number of rotatable bonds is 1. The van der Waals surface area contributed by atoms with Gasteiger partial charge in [0.2, 0.25) is 11.8 Å². The van der Waals surface area contributed by atoms with Crippen molar-refractivity contribution in [3.63, 3.8) is 0 Å². The summed E-state index contributed by atoms with van der Waals surface area (Å²) in [6.07, 6.45) is -6.90. The number of aliphatic hydroxyl groups is 2. The molecular weight excluding hydrogens is 510 g/mol. The maximum absolute atomic E-state index is 13.9. The number of carbonyl (C=O) groups excluding carboxylic acids is 2. The van der Waals surface area contributed by atoms with Crippen LogP contribution in [0, 0.1) is 11.8 Å². The highest BCUT2D eigenvalue weighted by Crippen LogP contribution is 2.62. The number of fused-ring (bicyclic) bond motifs is 7. The molecule has 0 aromatic heterocycles. The van der Waals surface area contributed by atoms with E-state index in [0.29, 0.717) is 0 Å². The van der Waals surface area contributed by atoms with Crippen LogP contribution in [0.5, 0.6) is 0 Å². The van der Waals surface area contributed by atoms with Crippen LogP contribution < -0.4 is 10.2 Å². The van der Waals surface area contributed by atoms with Crippen LogP contribution in [0.3, 0.4) is 0 Å². The molecule has 35 heavy (non-hydrogen) atoms. The highest BCUT2D eigenvalue weighted by molar-refractivity contribution is 6.35. The van der Waals surface area contributed by atoms with Crippen molar-refractivity contribution in [1.29, 1.82) is 0 Å². The lowest BCUT2D eigenvalue weighted by Gasteiger charge is -2.41. The van der Waals surface area contributed by atoms with Gasteiger partial charge in [-0.2, -0.15) is 13.2 Å². The summed E-state index contributed by atoms with van der Waals surface area (Å²) in [7, 11) is 0. The molecule has 0 bridgehead atoms. The third-order valence-electron chi connectivity index (χ3n) is 7.63. The molecule has 1 spiro atoms. The van der Waals surface area contributed by atoms with E-state index in [0.717, 1.165) is 17.0 Å². The molecule has 3 N–H and O–H groups in total. The fraction of sp³-hybridized carbons (Fsp3) is 0.391. The van der Waals surface area contributed by atoms with Crippen LogP contribution in [0.1, 0.15) is 17.5 Å². The molecule has 2 aromatic carbocycles. The van der Waals surface area contributed by atoms with E-state index >= 15 is 0 Å². The Bertz CT molecular complexity index is 1270. The molecule has 0 radical (unpaired) electrons. The molecule has 184 valence electrons. The number of hydrogen-bond acceptors (Lipinski definition) is 6. The molecule has 0 aliphatic carbocycles. The molecular formula is C23H18Cl2F3N3O4. The fourth-order valence-electron chi connectivity index (χ4n) is 6.48. The Labute approximate surface area is 207 Å². The summed E-state index contributed by atoms with van der Waals surface area (Å²) in [6.45, 7) is -0.00432. The van der Waals surface area contributed by atoms with Crippen molar-refractivity contribution in [3.8, 4) is 0 Å². The van der Waals surface area contributed by atoms with Crippen LogP contribution in [-0.2, 0) is 21.3 Å². The van der Waals surface area contributed by atoms with Gasteiger partial charge in [0.25, 0.3) is 0 Å². The number of alkyl halides is 3. The van der Waals surface area contributed by atoms with Crippen LogP contribution in [0.25, 0.3) is 0 Å². The zero-order valence-electron chi connectivity index (χ0n) is 17.8. The van der Waals surface area contributed by atoms with Crippen LogP contribution >= 0.6 is 23.2 Å². The fourth-order valence-corrected chi connectivity index (χ4v) is 7.00. The number of benzene rings is 2. The number of halogens is 5. The lowest BCUT2D eigenvalue weighted by atomic mass is 9.74. The van der Waals surface area contributed by atoms with E-state index in [1.54, 1.807) is 4.90 Å². The first-order chi connectivity index (χ1) is 16.4. The smallest absolute Gasteiger partial charge is 0.392 e. The van der Waals surface area contributed by atoms with Crippen molar-refractivity contribution in [2.45, 2.75) is 36.5 Å². The van der Waals surface area contributed by atoms with Crippen LogP contribution in [0.15, 0.2) is 36.4 Å². The SMILES string of the molecule is O=C1C2C3C[C@H](O)CN3C3(c4cc(C(F)(F)F)ccc4NC3O)C2C(=O)N1c1cc(Cl)cc(Cl)c1. The summed E-state index contributed by atoms with van der Waals surface area (Å²) < 4.78 is 40.9. The van der Waals surface area contributed by atoms with E-state index in [1.807, 2.05) is 0 Å². The van der Waals surface area contributed by atoms with Gasteiger partial charge in [0.15, 0.2) is 0 Å². The first-order valence-corrected chi connectivity index (χ1v) is 11.6. The van der Waals surface area contributed by atoms with Gasteiger partial charge in [-0.05, 0) is 42.8 Å². The number of anilines is 2. The Morgan fingerprint density at radius 2 is 1.71 bits per heavy atom. The van der Waals surface area contributed by atoms with Crippen molar-refractivity contribution >= 4 is 46.4 Å². The van der Waals surface area contributed by atoms with Crippen LogP contribution in [0.4, 0.5) is 24.5 Å². The number of nitrogens with zero attached hydrogens (tertiary/aromatic N) is 2. The van der Waals surface area contributed by atoms with Gasteiger partial charge in [0, 0.05) is 33.9 Å². The van der Waals surface area contributed by atoms with E-state index in [2.05, 4.69) is 5.32 Å². The van der Waals surface area contributed by atoms with Crippen molar-refractivity contribution in [2.75, 3.05) is 16.8 Å². The lowest BCUT2D eigenvalue weighted by Crippen LogP contribution is -2.56. The van der Waals surface area contributed by atoms with Crippen molar-refractivity contribution in [3.05, 3.63) is 57.6 Å². The quantitative estimate of drug-likeness (QED) is 0.493. The number of imide groups is 1. The van der Waals surface area contributed by atoms with Crippen molar-refractivity contribution in [1.82, 2.24) is 4.90 Å². The minimum Gasteiger partial charge on any atom is -0.392 e. The molecule has 2 amide bonds. The van der Waals surface area contributed by atoms with E-state index in [4.69, 9.17) is 23.2 Å². The van der Waals surface area contributed by atoms with Crippen molar-refractivity contribution in [2.24, 2.45) is 11.8 Å². The second-order valence-corrected chi connectivity index (χ2v) is 10.3. The summed E-state index contributed by atoms with van der Waals surface area (Å²) in [6, 6.07) is 6.59. The number of nitrogens with one attached hydrogen (secondary N) is 1. The molecule has 6 atom stereocenters. The molecule has 4 heterocycles. The minimum atomic E-state index is -4.66. The van der Waals surface area contributed by atoms with Gasteiger partial charge in [-0.25, -0.2) is 4.90 Å². The summed E-state index contributed by atoms with van der Waals surface area (Å²) in [5.74, 6) is -3.44. The van der Waals surface area contributed by atoms with Gasteiger partial charge in [-0.3, -0.25) is 14.5 Å². The molecule has 12 heteroatoms. The number of carbonyl (C=O) groups is 2. The molecule has 6 rings (SSSR count). The van der Waals surface area contributed by atoms with E-state index in [1.165, 1.54) is 24.3 Å². The largest absolute Gasteiger partial charge is 0.416 e. The Hall–Kier alpha value is -2.37. The molecule has 4 aliphatic rings. The average molecular weight is 528 g/mol.